The molecular formula is C22H18N4. The molecule has 0 amide bonds. The van der Waals surface area contributed by atoms with Gasteiger partial charge in [0.05, 0.1) is 22.7 Å². The van der Waals surface area contributed by atoms with Gasteiger partial charge in [-0.2, -0.15) is 5.26 Å². The van der Waals surface area contributed by atoms with Gasteiger partial charge in [-0.15, -0.1) is 0 Å². The molecule has 0 saturated carbocycles. The number of nitrogens with two attached hydrogens (primary N) is 1. The second-order valence-corrected chi connectivity index (χ2v) is 6.39. The maximum Gasteiger partial charge on any atom is 0.141 e. The van der Waals surface area contributed by atoms with Crippen molar-refractivity contribution in [2.45, 2.75) is 13.5 Å². The summed E-state index contributed by atoms with van der Waals surface area (Å²) in [5.74, 6) is 0.891. The average Bonchev–Trinajstić information content (AvgIpc) is 3.03. The van der Waals surface area contributed by atoms with Crippen LogP contribution in [-0.4, -0.2) is 9.55 Å². The summed E-state index contributed by atoms with van der Waals surface area (Å²) in [5, 5.41) is 8.99. The smallest absolute Gasteiger partial charge is 0.141 e. The normalized spacial score (nSPS) is 10.8. The highest BCUT2D eigenvalue weighted by atomic mass is 15.1. The molecule has 4 nitrogen and oxygen atoms in total. The average molecular weight is 338 g/mol. The number of para-hydroxylation sites is 2. The number of nitrogen functional groups attached to an aromatic ring is 1. The Hall–Kier alpha value is -3.58. The van der Waals surface area contributed by atoms with Crippen LogP contribution in [0.5, 0.6) is 0 Å². The summed E-state index contributed by atoms with van der Waals surface area (Å²) >= 11 is 0. The van der Waals surface area contributed by atoms with Crippen molar-refractivity contribution in [1.29, 1.82) is 5.26 Å². The molecule has 4 rings (SSSR count). The van der Waals surface area contributed by atoms with Crippen molar-refractivity contribution in [3.8, 4) is 17.5 Å². The van der Waals surface area contributed by atoms with Crippen LogP contribution in [-0.2, 0) is 6.54 Å². The fourth-order valence-electron chi connectivity index (χ4n) is 3.10. The van der Waals surface area contributed by atoms with E-state index >= 15 is 0 Å². The Kier molecular flexibility index (Phi) is 3.91. The number of aryl methyl sites for hydroxylation is 1. The van der Waals surface area contributed by atoms with Crippen LogP contribution in [0.1, 0.15) is 16.7 Å². The quantitative estimate of drug-likeness (QED) is 0.559. The Morgan fingerprint density at radius 3 is 2.54 bits per heavy atom. The number of benzene rings is 3. The van der Waals surface area contributed by atoms with E-state index in [-0.39, 0.29) is 0 Å². The van der Waals surface area contributed by atoms with Crippen molar-refractivity contribution in [2.24, 2.45) is 0 Å². The predicted octanol–water partition coefficient (Wildman–Crippen LogP) is 4.51. The number of nitrogens with zero attached hydrogens (tertiary/aromatic N) is 3. The number of anilines is 1. The zero-order valence-electron chi connectivity index (χ0n) is 14.5. The van der Waals surface area contributed by atoms with Gasteiger partial charge in [0.1, 0.15) is 5.82 Å². The maximum absolute atomic E-state index is 8.99. The van der Waals surface area contributed by atoms with E-state index in [0.717, 1.165) is 39.2 Å². The van der Waals surface area contributed by atoms with E-state index in [1.54, 1.807) is 0 Å². The summed E-state index contributed by atoms with van der Waals surface area (Å²) in [7, 11) is 0. The van der Waals surface area contributed by atoms with E-state index in [1.807, 2.05) is 61.5 Å². The third kappa shape index (κ3) is 2.80. The molecular weight excluding hydrogens is 320 g/mol. The fraction of sp³-hybridized carbons (Fsp3) is 0.0909. The van der Waals surface area contributed by atoms with Gasteiger partial charge in [-0.25, -0.2) is 4.98 Å². The van der Waals surface area contributed by atoms with Crippen LogP contribution in [0.3, 0.4) is 0 Å². The van der Waals surface area contributed by atoms with Gasteiger partial charge in [-0.3, -0.25) is 0 Å². The lowest BCUT2D eigenvalue weighted by atomic mass is 10.1. The highest BCUT2D eigenvalue weighted by Gasteiger charge is 2.13. The van der Waals surface area contributed by atoms with Crippen molar-refractivity contribution in [2.75, 3.05) is 5.73 Å². The molecule has 4 aromatic rings. The summed E-state index contributed by atoms with van der Waals surface area (Å²) < 4.78 is 2.20. The summed E-state index contributed by atoms with van der Waals surface area (Å²) in [6, 6.07) is 24.0. The van der Waals surface area contributed by atoms with E-state index in [4.69, 9.17) is 16.0 Å². The molecule has 0 aliphatic heterocycles. The van der Waals surface area contributed by atoms with E-state index in [9.17, 15) is 0 Å². The number of imidazole rings is 1. The van der Waals surface area contributed by atoms with Gasteiger partial charge < -0.3 is 10.3 Å². The van der Waals surface area contributed by atoms with Crippen LogP contribution in [0.25, 0.3) is 22.4 Å². The van der Waals surface area contributed by atoms with Crippen LogP contribution in [0.4, 0.5) is 5.69 Å². The molecule has 4 heteroatoms. The van der Waals surface area contributed by atoms with Crippen molar-refractivity contribution in [3.05, 3.63) is 83.4 Å². The maximum atomic E-state index is 8.99. The Morgan fingerprint density at radius 2 is 1.81 bits per heavy atom. The van der Waals surface area contributed by atoms with E-state index in [1.165, 1.54) is 0 Å². The zero-order chi connectivity index (χ0) is 18.1. The number of rotatable bonds is 3. The SMILES string of the molecule is Cc1ccc(-c2nc3ccccc3n2Cc2ccc(C#N)cc2)cc1N. The van der Waals surface area contributed by atoms with Crippen molar-refractivity contribution in [3.63, 3.8) is 0 Å². The topological polar surface area (TPSA) is 67.6 Å². The zero-order valence-corrected chi connectivity index (χ0v) is 14.5. The van der Waals surface area contributed by atoms with Gasteiger partial charge in [-0.1, -0.05) is 36.4 Å². The minimum absolute atomic E-state index is 0.663. The fourth-order valence-corrected chi connectivity index (χ4v) is 3.10. The van der Waals surface area contributed by atoms with Crippen LogP contribution < -0.4 is 5.73 Å². The molecule has 0 unspecified atom stereocenters. The third-order valence-electron chi connectivity index (χ3n) is 4.62. The number of fused-ring (bicyclic) bond motifs is 1. The van der Waals surface area contributed by atoms with Gasteiger partial charge in [0.15, 0.2) is 0 Å². The second-order valence-electron chi connectivity index (χ2n) is 6.39. The largest absolute Gasteiger partial charge is 0.398 e. The molecule has 1 heterocycles. The standard InChI is InChI=1S/C22H18N4/c1-15-6-11-18(12-19(15)24)22-25-20-4-2-3-5-21(20)26(22)14-17-9-7-16(13-23)8-10-17/h2-12H,14,24H2,1H3. The molecule has 0 aliphatic carbocycles. The summed E-state index contributed by atoms with van der Waals surface area (Å²) in [6.45, 7) is 2.67. The number of nitriles is 1. The molecule has 0 atom stereocenters. The lowest BCUT2D eigenvalue weighted by Gasteiger charge is -2.11. The van der Waals surface area contributed by atoms with Crippen molar-refractivity contribution < 1.29 is 0 Å². The number of hydrogen-bond acceptors (Lipinski definition) is 3. The van der Waals surface area contributed by atoms with Crippen LogP contribution >= 0.6 is 0 Å². The Labute approximate surface area is 152 Å². The van der Waals surface area contributed by atoms with E-state index in [2.05, 4.69) is 22.8 Å². The highest BCUT2D eigenvalue weighted by Crippen LogP contribution is 2.28. The Balaban J connectivity index is 1.86. The molecule has 126 valence electrons. The Morgan fingerprint density at radius 1 is 1.04 bits per heavy atom. The van der Waals surface area contributed by atoms with Crippen LogP contribution in [0.15, 0.2) is 66.7 Å². The van der Waals surface area contributed by atoms with Gasteiger partial charge in [-0.05, 0) is 48.4 Å². The first-order valence-corrected chi connectivity index (χ1v) is 8.46. The molecule has 26 heavy (non-hydrogen) atoms. The van der Waals surface area contributed by atoms with Gasteiger partial charge in [0, 0.05) is 17.8 Å². The van der Waals surface area contributed by atoms with Gasteiger partial charge in [0.2, 0.25) is 0 Å². The molecule has 0 radical (unpaired) electrons. The molecule has 0 saturated heterocycles. The first-order valence-electron chi connectivity index (χ1n) is 8.46. The second kappa shape index (κ2) is 6.38. The predicted molar refractivity (Wildman–Crippen MR) is 105 cm³/mol. The molecule has 0 fully saturated rings. The summed E-state index contributed by atoms with van der Waals surface area (Å²) in [4.78, 5) is 4.84. The van der Waals surface area contributed by atoms with Crippen molar-refractivity contribution in [1.82, 2.24) is 9.55 Å². The lowest BCUT2D eigenvalue weighted by Crippen LogP contribution is -2.03. The van der Waals surface area contributed by atoms with Crippen molar-refractivity contribution >= 4 is 16.7 Å². The van der Waals surface area contributed by atoms with Crippen LogP contribution in [0, 0.1) is 18.3 Å². The monoisotopic (exact) mass is 338 g/mol. The molecule has 1 aromatic heterocycles. The van der Waals surface area contributed by atoms with Gasteiger partial charge in [0.25, 0.3) is 0 Å². The Bertz CT molecular complexity index is 1130. The van der Waals surface area contributed by atoms with Gasteiger partial charge >= 0.3 is 0 Å². The highest BCUT2D eigenvalue weighted by molar-refractivity contribution is 5.81. The minimum Gasteiger partial charge on any atom is -0.398 e. The number of aromatic nitrogens is 2. The lowest BCUT2D eigenvalue weighted by molar-refractivity contribution is 0.834. The van der Waals surface area contributed by atoms with E-state index < -0.39 is 0 Å². The first kappa shape index (κ1) is 15.9. The molecule has 0 aliphatic rings. The van der Waals surface area contributed by atoms with Crippen LogP contribution in [0.2, 0.25) is 0 Å². The first-order chi connectivity index (χ1) is 12.7. The van der Waals surface area contributed by atoms with E-state index in [0.29, 0.717) is 12.1 Å². The third-order valence-corrected chi connectivity index (χ3v) is 4.62. The molecule has 3 aromatic carbocycles. The molecule has 2 N–H and O–H groups in total. The summed E-state index contributed by atoms with van der Waals surface area (Å²) in [5.41, 5.74) is 12.8. The molecule has 0 spiro atoms. The summed E-state index contributed by atoms with van der Waals surface area (Å²) in [6.07, 6.45) is 0. The number of hydrogen-bond donors (Lipinski definition) is 1. The minimum atomic E-state index is 0.663. The molecule has 0 bridgehead atoms.